The first-order valence-electron chi connectivity index (χ1n) is 7.12. The predicted octanol–water partition coefficient (Wildman–Crippen LogP) is -0.0696. The smallest absolute Gasteiger partial charge is 0.279 e. The first-order valence-corrected chi connectivity index (χ1v) is 7.49. The number of halogens is 1. The van der Waals surface area contributed by atoms with Crippen LogP contribution in [0.25, 0.3) is 0 Å². The molecule has 0 radical (unpaired) electrons. The molecule has 22 heavy (non-hydrogen) atoms. The van der Waals surface area contributed by atoms with Gasteiger partial charge in [-0.15, -0.1) is 0 Å². The van der Waals surface area contributed by atoms with Gasteiger partial charge in [-0.2, -0.15) is 5.26 Å². The topological polar surface area (TPSA) is 100 Å². The molecule has 0 spiro atoms. The lowest BCUT2D eigenvalue weighted by Gasteiger charge is -2.27. The van der Waals surface area contributed by atoms with Crippen LogP contribution in [-0.4, -0.2) is 31.4 Å². The summed E-state index contributed by atoms with van der Waals surface area (Å²) in [6.07, 6.45) is 1.45. The largest absolute Gasteiger partial charge is 0.369 e. The molecule has 0 unspecified atom stereocenters. The van der Waals surface area contributed by atoms with Crippen molar-refractivity contribution >= 4 is 29.1 Å². The monoisotopic (exact) mass is 321 g/mol. The number of rotatable bonds is 4. The fraction of sp³-hybridized carbons (Fsp3) is 0.400. The Labute approximate surface area is 133 Å². The van der Waals surface area contributed by atoms with E-state index in [0.29, 0.717) is 22.8 Å². The Bertz CT molecular complexity index is 618. The molecule has 116 valence electrons. The van der Waals surface area contributed by atoms with Crippen LogP contribution in [0.5, 0.6) is 0 Å². The van der Waals surface area contributed by atoms with E-state index in [4.69, 9.17) is 22.6 Å². The molecular weight excluding hydrogens is 304 g/mol. The van der Waals surface area contributed by atoms with Crippen molar-refractivity contribution in [3.8, 4) is 6.07 Å². The number of piperidine rings is 1. The van der Waals surface area contributed by atoms with Crippen LogP contribution >= 0.6 is 11.6 Å². The van der Waals surface area contributed by atoms with Crippen molar-refractivity contribution in [2.75, 3.05) is 25.0 Å². The average Bonchev–Trinajstić information content (AvgIpc) is 2.48. The Balaban J connectivity index is 1.85. The van der Waals surface area contributed by atoms with E-state index in [2.05, 4.69) is 5.32 Å². The molecule has 2 rings (SSSR count). The van der Waals surface area contributed by atoms with Crippen LogP contribution in [0.3, 0.4) is 0 Å². The van der Waals surface area contributed by atoms with E-state index in [1.54, 1.807) is 18.2 Å². The number of hydrogen-bond acceptors (Lipinski definition) is 3. The number of nitriles is 1. The molecule has 1 aromatic carbocycles. The zero-order valence-corrected chi connectivity index (χ0v) is 12.8. The Morgan fingerprint density at radius 3 is 2.64 bits per heavy atom. The van der Waals surface area contributed by atoms with Crippen molar-refractivity contribution in [3.63, 3.8) is 0 Å². The molecule has 0 aliphatic carbocycles. The van der Waals surface area contributed by atoms with Gasteiger partial charge >= 0.3 is 0 Å². The van der Waals surface area contributed by atoms with E-state index in [-0.39, 0.29) is 17.7 Å². The molecule has 0 aromatic heterocycles. The number of amides is 2. The summed E-state index contributed by atoms with van der Waals surface area (Å²) in [6.45, 7) is 1.85. The van der Waals surface area contributed by atoms with Gasteiger partial charge < -0.3 is 16.0 Å². The van der Waals surface area contributed by atoms with Gasteiger partial charge in [0.2, 0.25) is 5.91 Å². The number of nitrogens with zero attached hydrogens (tertiary/aromatic N) is 1. The molecule has 0 bridgehead atoms. The van der Waals surface area contributed by atoms with Crippen molar-refractivity contribution in [1.82, 2.24) is 0 Å². The lowest BCUT2D eigenvalue weighted by atomic mass is 9.96. The minimum atomic E-state index is -0.254. The number of carbonyl (C=O) groups is 2. The lowest BCUT2D eigenvalue weighted by molar-refractivity contribution is -0.897. The average molecular weight is 322 g/mol. The van der Waals surface area contributed by atoms with E-state index in [1.807, 2.05) is 6.07 Å². The summed E-state index contributed by atoms with van der Waals surface area (Å²) in [5.74, 6) is -0.437. The molecule has 1 aliphatic rings. The standard InChI is InChI=1S/C15H17ClN4O2/c16-13-7-12(2-1-11(13)8-17)19-14(21)9-20-5-3-10(4-6-20)15(18)22/h1-2,7,10H,3-6,9H2,(H2,18,22)(H,19,21)/p+1. The van der Waals surface area contributed by atoms with Gasteiger partial charge in [0, 0.05) is 24.4 Å². The van der Waals surface area contributed by atoms with Crippen molar-refractivity contribution in [1.29, 1.82) is 5.26 Å². The molecule has 1 aliphatic heterocycles. The number of likely N-dealkylation sites (tertiary alicyclic amines) is 1. The van der Waals surface area contributed by atoms with Gasteiger partial charge in [0.15, 0.2) is 6.54 Å². The normalized spacial score (nSPS) is 20.9. The van der Waals surface area contributed by atoms with Crippen LogP contribution in [0.15, 0.2) is 18.2 Å². The Hall–Kier alpha value is -2.10. The van der Waals surface area contributed by atoms with Crippen LogP contribution in [-0.2, 0) is 9.59 Å². The number of hydrogen-bond donors (Lipinski definition) is 3. The van der Waals surface area contributed by atoms with Crippen molar-refractivity contribution in [2.24, 2.45) is 11.7 Å². The highest BCUT2D eigenvalue weighted by Crippen LogP contribution is 2.19. The molecule has 0 atom stereocenters. The molecule has 6 nitrogen and oxygen atoms in total. The number of nitrogens with two attached hydrogens (primary N) is 1. The van der Waals surface area contributed by atoms with Gasteiger partial charge in [-0.05, 0) is 18.2 Å². The summed E-state index contributed by atoms with van der Waals surface area (Å²) >= 11 is 5.93. The Morgan fingerprint density at radius 1 is 1.41 bits per heavy atom. The summed E-state index contributed by atoms with van der Waals surface area (Å²) < 4.78 is 0. The summed E-state index contributed by atoms with van der Waals surface area (Å²) in [6, 6.07) is 6.75. The quantitative estimate of drug-likeness (QED) is 0.723. The molecule has 1 saturated heterocycles. The highest BCUT2D eigenvalue weighted by molar-refractivity contribution is 6.32. The molecule has 0 saturated carbocycles. The maximum absolute atomic E-state index is 12.0. The second-order valence-electron chi connectivity index (χ2n) is 5.46. The van der Waals surface area contributed by atoms with Gasteiger partial charge in [-0.25, -0.2) is 0 Å². The summed E-state index contributed by atoms with van der Waals surface area (Å²) in [5, 5.41) is 11.9. The molecule has 4 N–H and O–H groups in total. The fourth-order valence-electron chi connectivity index (χ4n) is 2.60. The first kappa shape index (κ1) is 16.3. The van der Waals surface area contributed by atoms with Crippen molar-refractivity contribution in [2.45, 2.75) is 12.8 Å². The zero-order valence-electron chi connectivity index (χ0n) is 12.1. The number of anilines is 1. The van der Waals surface area contributed by atoms with Crippen LogP contribution in [0.1, 0.15) is 18.4 Å². The lowest BCUT2D eigenvalue weighted by Crippen LogP contribution is -3.14. The van der Waals surface area contributed by atoms with Gasteiger partial charge in [0.05, 0.1) is 23.7 Å². The number of nitrogens with one attached hydrogen (secondary N) is 2. The third-order valence-corrected chi connectivity index (χ3v) is 4.19. The number of quaternary nitrogens is 1. The highest BCUT2D eigenvalue weighted by Gasteiger charge is 2.26. The number of primary amides is 1. The minimum absolute atomic E-state index is 0.0656. The van der Waals surface area contributed by atoms with Crippen molar-refractivity contribution < 1.29 is 14.5 Å². The molecule has 7 heteroatoms. The number of benzene rings is 1. The summed E-state index contributed by atoms with van der Waals surface area (Å²) in [5.41, 5.74) is 6.23. The molecule has 1 fully saturated rings. The summed E-state index contributed by atoms with van der Waals surface area (Å²) in [7, 11) is 0. The first-order chi connectivity index (χ1) is 10.5. The van der Waals surface area contributed by atoms with E-state index in [9.17, 15) is 9.59 Å². The van der Waals surface area contributed by atoms with Crippen molar-refractivity contribution in [3.05, 3.63) is 28.8 Å². The van der Waals surface area contributed by atoms with Crippen LogP contribution in [0.4, 0.5) is 5.69 Å². The van der Waals surface area contributed by atoms with E-state index < -0.39 is 0 Å². The zero-order chi connectivity index (χ0) is 16.1. The Morgan fingerprint density at radius 2 is 2.09 bits per heavy atom. The molecule has 1 heterocycles. The predicted molar refractivity (Wildman–Crippen MR) is 82.3 cm³/mol. The van der Waals surface area contributed by atoms with Gasteiger partial charge in [0.1, 0.15) is 6.07 Å². The van der Waals surface area contributed by atoms with Crippen LogP contribution < -0.4 is 16.0 Å². The van der Waals surface area contributed by atoms with Gasteiger partial charge in [-0.1, -0.05) is 11.6 Å². The third-order valence-electron chi connectivity index (χ3n) is 3.88. The molecule has 2 amide bonds. The Kier molecular flexibility index (Phi) is 5.36. The van der Waals surface area contributed by atoms with E-state index in [1.165, 1.54) is 0 Å². The minimum Gasteiger partial charge on any atom is -0.369 e. The van der Waals surface area contributed by atoms with E-state index >= 15 is 0 Å². The molecule has 1 aromatic rings. The highest BCUT2D eigenvalue weighted by atomic mass is 35.5. The van der Waals surface area contributed by atoms with Gasteiger partial charge in [0.25, 0.3) is 5.91 Å². The second-order valence-corrected chi connectivity index (χ2v) is 5.87. The van der Waals surface area contributed by atoms with E-state index in [0.717, 1.165) is 30.8 Å². The fourth-order valence-corrected chi connectivity index (χ4v) is 2.83. The maximum atomic E-state index is 12.0. The SMILES string of the molecule is N#Cc1ccc(NC(=O)C[NH+]2CCC(C(N)=O)CC2)cc1Cl. The number of carbonyl (C=O) groups excluding carboxylic acids is 2. The summed E-state index contributed by atoms with van der Waals surface area (Å²) in [4.78, 5) is 24.3. The van der Waals surface area contributed by atoms with Crippen LogP contribution in [0.2, 0.25) is 5.02 Å². The third kappa shape index (κ3) is 4.20. The maximum Gasteiger partial charge on any atom is 0.279 e. The van der Waals surface area contributed by atoms with Crippen LogP contribution in [0, 0.1) is 17.2 Å². The van der Waals surface area contributed by atoms with Gasteiger partial charge in [-0.3, -0.25) is 9.59 Å². The molecular formula is C15H18ClN4O2+. The second kappa shape index (κ2) is 7.25.